The Morgan fingerprint density at radius 3 is 2.91 bits per heavy atom. The molecule has 2 N–H and O–H groups in total. The molecule has 0 spiro atoms. The number of nitrogens with zero attached hydrogens (tertiary/aromatic N) is 2. The minimum atomic E-state index is -0.426. The number of H-pyrrole nitrogens is 1. The van der Waals surface area contributed by atoms with Crippen molar-refractivity contribution in [1.29, 1.82) is 0 Å². The molecule has 0 amide bonds. The van der Waals surface area contributed by atoms with Gasteiger partial charge in [-0.2, -0.15) is 0 Å². The van der Waals surface area contributed by atoms with Gasteiger partial charge in [0.15, 0.2) is 0 Å². The normalized spacial score (nSPS) is 16.1. The Labute approximate surface area is 127 Å². The SMILES string of the molecule is CCC(C)N1CNc2c(c(=O)[nH]c(=O)n2Cc2ccco2)C1. The standard InChI is InChI=1S/C15H20N4O3/c1-3-10(2)18-8-12-13(16-9-18)19(15(21)17-14(12)20)7-11-5-4-6-22-11/h4-6,10,16H,3,7-9H2,1-2H3,(H,17,20,21). The zero-order valence-corrected chi connectivity index (χ0v) is 12.8. The van der Waals surface area contributed by atoms with Crippen molar-refractivity contribution in [2.45, 2.75) is 39.4 Å². The number of rotatable bonds is 4. The molecule has 1 aliphatic heterocycles. The summed E-state index contributed by atoms with van der Waals surface area (Å²) < 4.78 is 6.82. The second kappa shape index (κ2) is 5.84. The molecule has 0 aliphatic carbocycles. The lowest BCUT2D eigenvalue weighted by Gasteiger charge is -2.34. The number of hydrogen-bond acceptors (Lipinski definition) is 5. The summed E-state index contributed by atoms with van der Waals surface area (Å²) in [4.78, 5) is 28.8. The molecule has 22 heavy (non-hydrogen) atoms. The molecule has 0 radical (unpaired) electrons. The summed E-state index contributed by atoms with van der Waals surface area (Å²) in [6.07, 6.45) is 2.57. The zero-order valence-electron chi connectivity index (χ0n) is 12.8. The van der Waals surface area contributed by atoms with Crippen molar-refractivity contribution < 1.29 is 4.42 Å². The summed E-state index contributed by atoms with van der Waals surface area (Å²) in [7, 11) is 0. The van der Waals surface area contributed by atoms with E-state index < -0.39 is 5.69 Å². The van der Waals surface area contributed by atoms with E-state index in [1.165, 1.54) is 4.57 Å². The van der Waals surface area contributed by atoms with Gasteiger partial charge in [0.05, 0.1) is 25.0 Å². The first kappa shape index (κ1) is 14.6. The number of fused-ring (bicyclic) bond motifs is 1. The van der Waals surface area contributed by atoms with Crippen molar-refractivity contribution in [2.24, 2.45) is 0 Å². The summed E-state index contributed by atoms with van der Waals surface area (Å²) in [6, 6.07) is 3.94. The van der Waals surface area contributed by atoms with Crippen molar-refractivity contribution in [1.82, 2.24) is 14.5 Å². The lowest BCUT2D eigenvalue weighted by Crippen LogP contribution is -2.46. The van der Waals surface area contributed by atoms with E-state index in [1.54, 1.807) is 18.4 Å². The Hall–Kier alpha value is -2.28. The van der Waals surface area contributed by atoms with E-state index in [0.29, 0.717) is 42.9 Å². The predicted molar refractivity (Wildman–Crippen MR) is 82.9 cm³/mol. The molecule has 7 heteroatoms. The van der Waals surface area contributed by atoms with Crippen LogP contribution in [-0.4, -0.2) is 27.2 Å². The Balaban J connectivity index is 2.00. The average Bonchev–Trinajstić information content (AvgIpc) is 3.03. The molecule has 118 valence electrons. The van der Waals surface area contributed by atoms with Gasteiger partial charge < -0.3 is 9.73 Å². The highest BCUT2D eigenvalue weighted by Crippen LogP contribution is 2.20. The van der Waals surface area contributed by atoms with Crippen LogP contribution in [0.5, 0.6) is 0 Å². The van der Waals surface area contributed by atoms with Crippen LogP contribution in [0.1, 0.15) is 31.6 Å². The van der Waals surface area contributed by atoms with Crippen LogP contribution in [0.3, 0.4) is 0 Å². The highest BCUT2D eigenvalue weighted by Gasteiger charge is 2.25. The van der Waals surface area contributed by atoms with Crippen LogP contribution in [0.25, 0.3) is 0 Å². The van der Waals surface area contributed by atoms with Crippen molar-refractivity contribution in [2.75, 3.05) is 12.0 Å². The molecular weight excluding hydrogens is 284 g/mol. The molecule has 0 fully saturated rings. The van der Waals surface area contributed by atoms with Crippen LogP contribution in [0.15, 0.2) is 32.4 Å². The Kier molecular flexibility index (Phi) is 3.89. The van der Waals surface area contributed by atoms with Gasteiger partial charge in [0.1, 0.15) is 11.6 Å². The van der Waals surface area contributed by atoms with Gasteiger partial charge in [0.2, 0.25) is 0 Å². The fourth-order valence-electron chi connectivity index (χ4n) is 2.68. The van der Waals surface area contributed by atoms with E-state index in [9.17, 15) is 9.59 Å². The van der Waals surface area contributed by atoms with Crippen LogP contribution in [0, 0.1) is 0 Å². The zero-order chi connectivity index (χ0) is 15.7. The lowest BCUT2D eigenvalue weighted by atomic mass is 10.1. The lowest BCUT2D eigenvalue weighted by molar-refractivity contribution is 0.200. The summed E-state index contributed by atoms with van der Waals surface area (Å²) in [6.45, 7) is 5.68. The number of aromatic nitrogens is 2. The van der Waals surface area contributed by atoms with E-state index in [-0.39, 0.29) is 5.56 Å². The molecule has 3 rings (SSSR count). The third-order valence-electron chi connectivity index (χ3n) is 4.21. The molecule has 2 aromatic heterocycles. The summed E-state index contributed by atoms with van der Waals surface area (Å²) in [5, 5.41) is 3.22. The van der Waals surface area contributed by atoms with Crippen LogP contribution in [0.2, 0.25) is 0 Å². The molecule has 0 bridgehead atoms. The molecule has 2 aromatic rings. The third-order valence-corrected chi connectivity index (χ3v) is 4.21. The minimum Gasteiger partial charge on any atom is -0.467 e. The Morgan fingerprint density at radius 1 is 1.41 bits per heavy atom. The molecule has 7 nitrogen and oxygen atoms in total. The number of hydrogen-bond donors (Lipinski definition) is 2. The average molecular weight is 304 g/mol. The summed E-state index contributed by atoms with van der Waals surface area (Å²) >= 11 is 0. The van der Waals surface area contributed by atoms with Gasteiger partial charge in [-0.1, -0.05) is 6.92 Å². The molecular formula is C15H20N4O3. The first-order valence-electron chi connectivity index (χ1n) is 7.46. The maximum atomic E-state index is 12.1. The molecule has 1 unspecified atom stereocenters. The van der Waals surface area contributed by atoms with Gasteiger partial charge in [0.25, 0.3) is 5.56 Å². The fraction of sp³-hybridized carbons (Fsp3) is 0.467. The summed E-state index contributed by atoms with van der Waals surface area (Å²) in [5.41, 5.74) is -0.154. The molecule has 1 atom stereocenters. The molecule has 1 aliphatic rings. The van der Waals surface area contributed by atoms with Crippen molar-refractivity contribution in [3.05, 3.63) is 50.6 Å². The van der Waals surface area contributed by atoms with Crippen molar-refractivity contribution in [3.8, 4) is 0 Å². The Morgan fingerprint density at radius 2 is 2.23 bits per heavy atom. The maximum Gasteiger partial charge on any atom is 0.330 e. The largest absolute Gasteiger partial charge is 0.467 e. The number of furan rings is 1. The summed E-state index contributed by atoms with van der Waals surface area (Å²) in [5.74, 6) is 1.26. The van der Waals surface area contributed by atoms with Gasteiger partial charge in [-0.15, -0.1) is 0 Å². The van der Waals surface area contributed by atoms with E-state index >= 15 is 0 Å². The van der Waals surface area contributed by atoms with E-state index in [0.717, 1.165) is 6.42 Å². The maximum absolute atomic E-state index is 12.1. The van der Waals surface area contributed by atoms with Gasteiger partial charge in [-0.25, -0.2) is 4.79 Å². The van der Waals surface area contributed by atoms with Crippen molar-refractivity contribution in [3.63, 3.8) is 0 Å². The van der Waals surface area contributed by atoms with Gasteiger partial charge >= 0.3 is 5.69 Å². The highest BCUT2D eigenvalue weighted by molar-refractivity contribution is 5.45. The Bertz CT molecular complexity index is 760. The second-order valence-corrected chi connectivity index (χ2v) is 5.59. The predicted octanol–water partition coefficient (Wildman–Crippen LogP) is 1.16. The van der Waals surface area contributed by atoms with Crippen LogP contribution in [0.4, 0.5) is 5.82 Å². The number of anilines is 1. The second-order valence-electron chi connectivity index (χ2n) is 5.59. The molecule has 0 saturated carbocycles. The number of nitrogens with one attached hydrogen (secondary N) is 2. The molecule has 0 aromatic carbocycles. The third kappa shape index (κ3) is 2.59. The van der Waals surface area contributed by atoms with Crippen LogP contribution < -0.4 is 16.6 Å². The van der Waals surface area contributed by atoms with Gasteiger partial charge in [-0.3, -0.25) is 19.2 Å². The monoisotopic (exact) mass is 304 g/mol. The van der Waals surface area contributed by atoms with E-state index in [4.69, 9.17) is 4.42 Å². The fourth-order valence-corrected chi connectivity index (χ4v) is 2.68. The van der Waals surface area contributed by atoms with E-state index in [1.807, 2.05) is 0 Å². The topological polar surface area (TPSA) is 83.3 Å². The smallest absolute Gasteiger partial charge is 0.330 e. The van der Waals surface area contributed by atoms with E-state index in [2.05, 4.69) is 29.0 Å². The number of aromatic amines is 1. The van der Waals surface area contributed by atoms with Crippen LogP contribution >= 0.6 is 0 Å². The first-order valence-corrected chi connectivity index (χ1v) is 7.46. The first-order chi connectivity index (χ1) is 10.6. The molecule has 0 saturated heterocycles. The van der Waals surface area contributed by atoms with Crippen LogP contribution in [-0.2, 0) is 13.1 Å². The van der Waals surface area contributed by atoms with Crippen molar-refractivity contribution >= 4 is 5.82 Å². The van der Waals surface area contributed by atoms with Gasteiger partial charge in [0, 0.05) is 12.6 Å². The quantitative estimate of drug-likeness (QED) is 0.885. The van der Waals surface area contributed by atoms with Gasteiger partial charge in [-0.05, 0) is 25.5 Å². The molecule has 3 heterocycles. The highest BCUT2D eigenvalue weighted by atomic mass is 16.3. The minimum absolute atomic E-state index is 0.293.